The summed E-state index contributed by atoms with van der Waals surface area (Å²) in [5.74, 6) is -1.16. The van der Waals surface area contributed by atoms with Crippen LogP contribution in [-0.2, 0) is 27.7 Å². The summed E-state index contributed by atoms with van der Waals surface area (Å²) in [4.78, 5) is 12.6. The zero-order chi connectivity index (χ0) is 17.3. The lowest BCUT2D eigenvalue weighted by atomic mass is 10.1. The highest BCUT2D eigenvalue weighted by Crippen LogP contribution is 2.37. The number of fused-ring (bicyclic) bond motifs is 1. The predicted molar refractivity (Wildman–Crippen MR) is 90.1 cm³/mol. The molecule has 0 radical (unpaired) electrons. The lowest BCUT2D eigenvalue weighted by Crippen LogP contribution is -2.45. The second-order valence-electron chi connectivity index (χ2n) is 6.12. The van der Waals surface area contributed by atoms with E-state index in [4.69, 9.17) is 4.74 Å². The van der Waals surface area contributed by atoms with Gasteiger partial charge >= 0.3 is 5.97 Å². The number of carbonyl (C=O) groups is 1. The van der Waals surface area contributed by atoms with Crippen molar-refractivity contribution in [1.29, 1.82) is 0 Å². The highest BCUT2D eigenvalue weighted by atomic mass is 32.2. The molecule has 2 aliphatic rings. The van der Waals surface area contributed by atoms with Crippen molar-refractivity contribution < 1.29 is 23.1 Å². The van der Waals surface area contributed by atoms with Gasteiger partial charge in [0.05, 0.1) is 12.2 Å². The van der Waals surface area contributed by atoms with Gasteiger partial charge in [-0.25, -0.2) is 13.2 Å². The average molecular weight is 374 g/mol. The maximum atomic E-state index is 13.2. The minimum atomic E-state index is -3.84. The smallest absolute Gasteiger partial charge is 0.338 e. The van der Waals surface area contributed by atoms with Gasteiger partial charge in [0, 0.05) is 31.1 Å². The Balaban J connectivity index is 2.06. The Morgan fingerprint density at radius 2 is 2.25 bits per heavy atom. The number of methoxy groups -OCH3 is 1. The molecule has 9 heteroatoms. The van der Waals surface area contributed by atoms with Crippen LogP contribution in [0.5, 0.6) is 0 Å². The Morgan fingerprint density at radius 1 is 1.46 bits per heavy atom. The van der Waals surface area contributed by atoms with E-state index in [0.717, 1.165) is 35.5 Å². The van der Waals surface area contributed by atoms with Crippen LogP contribution in [0.2, 0.25) is 0 Å². The zero-order valence-electron chi connectivity index (χ0n) is 13.6. The van der Waals surface area contributed by atoms with E-state index < -0.39 is 16.0 Å². The van der Waals surface area contributed by atoms with Gasteiger partial charge in [-0.2, -0.15) is 4.31 Å². The standard InChI is InChI=1S/C15H22N2O5S2/c1-22-9-10-4-2-3-7-17(10)24(20,21)15-13(14(18)19)11-5-6-16-8-12(11)23-15/h10,16H,2-9H2,1H3,(H,18,19)/t10-/m0/s1. The Kier molecular flexibility index (Phi) is 5.26. The number of carboxylic acid groups (broad SMARTS) is 1. The molecule has 1 aromatic rings. The second-order valence-corrected chi connectivity index (χ2v) is 9.31. The fourth-order valence-electron chi connectivity index (χ4n) is 3.46. The molecule has 0 aliphatic carbocycles. The van der Waals surface area contributed by atoms with Crippen LogP contribution in [0, 0.1) is 0 Å². The van der Waals surface area contributed by atoms with Gasteiger partial charge in [0.2, 0.25) is 0 Å². The molecule has 24 heavy (non-hydrogen) atoms. The summed E-state index contributed by atoms with van der Waals surface area (Å²) in [7, 11) is -2.29. The third-order valence-corrected chi connectivity index (χ3v) is 8.26. The molecule has 1 saturated heterocycles. The summed E-state index contributed by atoms with van der Waals surface area (Å²) in [5.41, 5.74) is 0.642. The lowest BCUT2D eigenvalue weighted by Gasteiger charge is -2.33. The summed E-state index contributed by atoms with van der Waals surface area (Å²) in [5, 5.41) is 12.8. The number of ether oxygens (including phenoxy) is 1. The molecule has 2 N–H and O–H groups in total. The molecule has 0 amide bonds. The number of carboxylic acids is 1. The number of sulfonamides is 1. The Labute approximate surface area is 145 Å². The van der Waals surface area contributed by atoms with E-state index in [-0.39, 0.29) is 15.8 Å². The summed E-state index contributed by atoms with van der Waals surface area (Å²) in [6, 6.07) is -0.229. The third kappa shape index (κ3) is 3.11. The number of aromatic carboxylic acids is 1. The molecule has 3 rings (SSSR count). The largest absolute Gasteiger partial charge is 0.478 e. The number of hydrogen-bond donors (Lipinski definition) is 2. The quantitative estimate of drug-likeness (QED) is 0.806. The summed E-state index contributed by atoms with van der Waals surface area (Å²) in [6.07, 6.45) is 3.03. The molecule has 1 atom stereocenters. The van der Waals surface area contributed by atoms with Crippen LogP contribution in [-0.4, -0.2) is 56.6 Å². The van der Waals surface area contributed by atoms with Crippen LogP contribution in [0.15, 0.2) is 4.21 Å². The maximum Gasteiger partial charge on any atom is 0.338 e. The number of nitrogens with zero attached hydrogens (tertiary/aromatic N) is 1. The molecule has 2 aliphatic heterocycles. The molecule has 7 nitrogen and oxygen atoms in total. The third-order valence-electron chi connectivity index (χ3n) is 4.58. The van der Waals surface area contributed by atoms with E-state index in [2.05, 4.69) is 5.32 Å². The lowest BCUT2D eigenvalue weighted by molar-refractivity contribution is 0.0691. The number of hydrogen-bond acceptors (Lipinski definition) is 6. The molecule has 1 aromatic heterocycles. The topological polar surface area (TPSA) is 95.9 Å². The Bertz CT molecular complexity index is 726. The van der Waals surface area contributed by atoms with Crippen molar-refractivity contribution in [3.8, 4) is 0 Å². The zero-order valence-corrected chi connectivity index (χ0v) is 15.2. The van der Waals surface area contributed by atoms with Crippen LogP contribution >= 0.6 is 11.3 Å². The molecule has 0 aromatic carbocycles. The number of thiophene rings is 1. The van der Waals surface area contributed by atoms with Crippen molar-refractivity contribution >= 4 is 27.3 Å². The number of rotatable bonds is 5. The average Bonchev–Trinajstić information content (AvgIpc) is 2.96. The van der Waals surface area contributed by atoms with Crippen molar-refractivity contribution in [1.82, 2.24) is 9.62 Å². The number of piperidine rings is 1. The molecular formula is C15H22N2O5S2. The van der Waals surface area contributed by atoms with Gasteiger partial charge < -0.3 is 15.2 Å². The monoisotopic (exact) mass is 374 g/mol. The van der Waals surface area contributed by atoms with Gasteiger partial charge in [0.1, 0.15) is 4.21 Å². The van der Waals surface area contributed by atoms with Crippen LogP contribution in [0.25, 0.3) is 0 Å². The first kappa shape index (κ1) is 17.8. The Hall–Kier alpha value is -1.00. The van der Waals surface area contributed by atoms with Crippen LogP contribution < -0.4 is 5.32 Å². The van der Waals surface area contributed by atoms with E-state index in [0.29, 0.717) is 38.2 Å². The first-order chi connectivity index (χ1) is 11.5. The molecule has 0 saturated carbocycles. The highest BCUT2D eigenvalue weighted by molar-refractivity contribution is 7.91. The summed E-state index contributed by atoms with van der Waals surface area (Å²) in [6.45, 7) is 1.93. The van der Waals surface area contributed by atoms with Gasteiger partial charge in [-0.3, -0.25) is 0 Å². The van der Waals surface area contributed by atoms with Gasteiger partial charge in [-0.15, -0.1) is 11.3 Å². The van der Waals surface area contributed by atoms with Crippen LogP contribution in [0.4, 0.5) is 0 Å². The summed E-state index contributed by atoms with van der Waals surface area (Å²) < 4.78 is 33.0. The first-order valence-electron chi connectivity index (χ1n) is 8.06. The normalized spacial score (nSPS) is 22.3. The maximum absolute atomic E-state index is 13.2. The van der Waals surface area contributed by atoms with E-state index in [1.54, 1.807) is 7.11 Å². The highest BCUT2D eigenvalue weighted by Gasteiger charge is 2.39. The van der Waals surface area contributed by atoms with E-state index in [1.807, 2.05) is 0 Å². The van der Waals surface area contributed by atoms with Gasteiger partial charge in [0.15, 0.2) is 0 Å². The molecule has 134 valence electrons. The minimum Gasteiger partial charge on any atom is -0.478 e. The second kappa shape index (κ2) is 7.09. The molecule has 0 spiro atoms. The van der Waals surface area contributed by atoms with E-state index in [1.165, 1.54) is 4.31 Å². The SMILES string of the molecule is COC[C@@H]1CCCCN1S(=O)(=O)c1sc2c(c1C(=O)O)CCNC2. The molecule has 0 bridgehead atoms. The fraction of sp³-hybridized carbons (Fsp3) is 0.667. The molecular weight excluding hydrogens is 352 g/mol. The molecule has 3 heterocycles. The van der Waals surface area contributed by atoms with Gasteiger partial charge in [-0.05, 0) is 31.4 Å². The van der Waals surface area contributed by atoms with Crippen molar-refractivity contribution in [3.05, 3.63) is 16.0 Å². The van der Waals surface area contributed by atoms with Gasteiger partial charge in [-0.1, -0.05) is 6.42 Å². The molecule has 0 unspecified atom stereocenters. The Morgan fingerprint density at radius 3 is 2.96 bits per heavy atom. The summed E-state index contributed by atoms with van der Waals surface area (Å²) >= 11 is 1.10. The first-order valence-corrected chi connectivity index (χ1v) is 10.3. The van der Waals surface area contributed by atoms with Crippen LogP contribution in [0.3, 0.4) is 0 Å². The van der Waals surface area contributed by atoms with E-state index in [9.17, 15) is 18.3 Å². The molecule has 1 fully saturated rings. The van der Waals surface area contributed by atoms with Crippen molar-refractivity contribution in [2.75, 3.05) is 26.8 Å². The van der Waals surface area contributed by atoms with E-state index >= 15 is 0 Å². The minimum absolute atomic E-state index is 0.0216. The fourth-order valence-corrected chi connectivity index (χ4v) is 7.12. The predicted octanol–water partition coefficient (Wildman–Crippen LogP) is 1.28. The van der Waals surface area contributed by atoms with Gasteiger partial charge in [0.25, 0.3) is 10.0 Å². The van der Waals surface area contributed by atoms with Crippen molar-refractivity contribution in [2.45, 2.75) is 42.5 Å². The van der Waals surface area contributed by atoms with Crippen LogP contribution in [0.1, 0.15) is 40.1 Å². The van der Waals surface area contributed by atoms with Crippen molar-refractivity contribution in [2.24, 2.45) is 0 Å². The van der Waals surface area contributed by atoms with Crippen molar-refractivity contribution in [3.63, 3.8) is 0 Å². The number of nitrogens with one attached hydrogen (secondary N) is 1.